The molecule has 3 heterocycles. The fraction of sp³-hybridized carbons (Fsp3) is 0.0952. The monoisotopic (exact) mass is 459 g/mol. The van der Waals surface area contributed by atoms with E-state index in [1.165, 1.54) is 15.9 Å². The van der Waals surface area contributed by atoms with Gasteiger partial charge >= 0.3 is 5.97 Å². The summed E-state index contributed by atoms with van der Waals surface area (Å²) >= 11 is 13.5. The summed E-state index contributed by atoms with van der Waals surface area (Å²) < 4.78 is 6.74. The Labute approximate surface area is 186 Å². The summed E-state index contributed by atoms with van der Waals surface area (Å²) in [6, 6.07) is 12.4. The molecule has 0 saturated heterocycles. The summed E-state index contributed by atoms with van der Waals surface area (Å²) in [6.07, 6.45) is 1.70. The fourth-order valence-corrected chi connectivity index (χ4v) is 4.33. The summed E-state index contributed by atoms with van der Waals surface area (Å²) in [6.45, 7) is 1.93. The third-order valence-electron chi connectivity index (χ3n) is 4.35. The molecule has 0 atom stereocenters. The van der Waals surface area contributed by atoms with Crippen molar-refractivity contribution in [2.45, 2.75) is 6.92 Å². The first kappa shape index (κ1) is 20.4. The molecular weight excluding hydrogens is 445 g/mol. The Balaban J connectivity index is 1.72. The van der Waals surface area contributed by atoms with Gasteiger partial charge in [0.15, 0.2) is 5.69 Å². The fourth-order valence-electron chi connectivity index (χ4n) is 2.97. The van der Waals surface area contributed by atoms with Gasteiger partial charge in [-0.1, -0.05) is 41.4 Å². The number of hydrogen-bond donors (Lipinski definition) is 1. The molecule has 0 aliphatic carbocycles. The lowest BCUT2D eigenvalue weighted by Crippen LogP contribution is -2.15. The number of carbonyl (C=O) groups is 2. The molecule has 3 aromatic heterocycles. The van der Waals surface area contributed by atoms with Crippen LogP contribution >= 0.6 is 34.5 Å². The van der Waals surface area contributed by atoms with Crippen molar-refractivity contribution in [2.75, 3.05) is 11.9 Å². The highest BCUT2D eigenvalue weighted by Crippen LogP contribution is 2.37. The van der Waals surface area contributed by atoms with Crippen LogP contribution in [0.15, 0.2) is 54.0 Å². The van der Waals surface area contributed by atoms with Gasteiger partial charge in [-0.25, -0.2) is 9.31 Å². The Morgan fingerprint density at radius 2 is 1.93 bits per heavy atom. The minimum atomic E-state index is -0.528. The molecule has 0 unspecified atom stereocenters. The van der Waals surface area contributed by atoms with Gasteiger partial charge in [0, 0.05) is 22.2 Å². The molecule has 1 aromatic carbocycles. The average Bonchev–Trinajstić information content (AvgIpc) is 3.30. The van der Waals surface area contributed by atoms with E-state index in [1.54, 1.807) is 61.0 Å². The number of amides is 1. The predicted octanol–water partition coefficient (Wildman–Crippen LogP) is 5.80. The van der Waals surface area contributed by atoms with Crippen LogP contribution in [0.2, 0.25) is 10.0 Å². The molecule has 6 nitrogen and oxygen atoms in total. The van der Waals surface area contributed by atoms with Crippen LogP contribution in [-0.2, 0) is 4.74 Å². The van der Waals surface area contributed by atoms with Gasteiger partial charge in [0.25, 0.3) is 5.91 Å². The molecular formula is C21H15Cl2N3O3S. The topological polar surface area (TPSA) is 72.7 Å². The Morgan fingerprint density at radius 1 is 1.17 bits per heavy atom. The maximum absolute atomic E-state index is 12.9. The number of hydrogen-bond acceptors (Lipinski definition) is 5. The number of aromatic nitrogens is 2. The zero-order valence-electron chi connectivity index (χ0n) is 15.7. The number of nitrogens with zero attached hydrogens (tertiary/aromatic N) is 2. The Bertz CT molecular complexity index is 1250. The lowest BCUT2D eigenvalue weighted by atomic mass is 10.0. The highest BCUT2D eigenvalue weighted by Gasteiger charge is 2.25. The first-order valence-corrected chi connectivity index (χ1v) is 10.6. The molecule has 9 heteroatoms. The summed E-state index contributed by atoms with van der Waals surface area (Å²) in [5, 5.41) is 9.97. The van der Waals surface area contributed by atoms with Crippen molar-refractivity contribution in [1.82, 2.24) is 9.61 Å². The number of rotatable bonds is 5. The minimum absolute atomic E-state index is 0.0686. The largest absolute Gasteiger partial charge is 0.462 e. The molecule has 0 aliphatic heterocycles. The van der Waals surface area contributed by atoms with Gasteiger partial charge in [-0.15, -0.1) is 11.3 Å². The number of ether oxygens (including phenoxy) is 1. The number of fused-ring (bicyclic) bond motifs is 1. The SMILES string of the molecule is CCOC(=O)c1c(-c2ccc(Cl)cc2)csc1NC(=O)c1nn2ccccc2c1Cl. The number of carbonyl (C=O) groups excluding carboxylic acids is 2. The van der Waals surface area contributed by atoms with Crippen LogP contribution in [0.3, 0.4) is 0 Å². The van der Waals surface area contributed by atoms with Crippen molar-refractivity contribution in [3.63, 3.8) is 0 Å². The molecule has 0 spiro atoms. The molecule has 0 bridgehead atoms. The van der Waals surface area contributed by atoms with E-state index >= 15 is 0 Å². The lowest BCUT2D eigenvalue weighted by molar-refractivity contribution is 0.0529. The van der Waals surface area contributed by atoms with Crippen LogP contribution in [0, 0.1) is 0 Å². The molecule has 4 rings (SSSR count). The van der Waals surface area contributed by atoms with E-state index in [9.17, 15) is 9.59 Å². The number of anilines is 1. The Kier molecular flexibility index (Phi) is 5.76. The molecule has 1 amide bonds. The first-order valence-electron chi connectivity index (χ1n) is 8.98. The van der Waals surface area contributed by atoms with Crippen molar-refractivity contribution in [3.05, 3.63) is 75.3 Å². The van der Waals surface area contributed by atoms with E-state index in [4.69, 9.17) is 27.9 Å². The van der Waals surface area contributed by atoms with Crippen LogP contribution in [0.5, 0.6) is 0 Å². The van der Waals surface area contributed by atoms with Crippen molar-refractivity contribution in [1.29, 1.82) is 0 Å². The van der Waals surface area contributed by atoms with Crippen LogP contribution in [0.4, 0.5) is 5.00 Å². The van der Waals surface area contributed by atoms with E-state index in [1.807, 2.05) is 0 Å². The number of pyridine rings is 1. The van der Waals surface area contributed by atoms with Crippen LogP contribution in [-0.4, -0.2) is 28.1 Å². The quantitative estimate of drug-likeness (QED) is 0.382. The maximum Gasteiger partial charge on any atom is 0.341 e. The van der Waals surface area contributed by atoms with Gasteiger partial charge in [0.05, 0.1) is 17.1 Å². The molecule has 1 N–H and O–H groups in total. The van der Waals surface area contributed by atoms with E-state index in [2.05, 4.69) is 10.4 Å². The van der Waals surface area contributed by atoms with E-state index < -0.39 is 11.9 Å². The van der Waals surface area contributed by atoms with Crippen molar-refractivity contribution < 1.29 is 14.3 Å². The van der Waals surface area contributed by atoms with Gasteiger partial charge < -0.3 is 10.1 Å². The van der Waals surface area contributed by atoms with Gasteiger partial charge in [-0.3, -0.25) is 4.79 Å². The smallest absolute Gasteiger partial charge is 0.341 e. The third kappa shape index (κ3) is 3.79. The summed E-state index contributed by atoms with van der Waals surface area (Å²) in [7, 11) is 0. The third-order valence-corrected chi connectivity index (χ3v) is 5.87. The molecule has 152 valence electrons. The number of esters is 1. The standard InChI is InChI=1S/C21H15Cl2N3O3S/c1-2-29-21(28)16-14(12-6-8-13(22)9-7-12)11-30-20(16)24-19(27)18-17(23)15-5-3-4-10-26(15)25-18/h3-11H,2H2,1H3,(H,24,27). The molecule has 0 fully saturated rings. The summed E-state index contributed by atoms with van der Waals surface area (Å²) in [5.74, 6) is -1.04. The number of halogens is 2. The summed E-state index contributed by atoms with van der Waals surface area (Å²) in [5.41, 5.74) is 2.39. The van der Waals surface area contributed by atoms with Gasteiger partial charge in [-0.05, 0) is 36.8 Å². The predicted molar refractivity (Wildman–Crippen MR) is 119 cm³/mol. The number of nitrogens with one attached hydrogen (secondary N) is 1. The second kappa shape index (κ2) is 8.47. The average molecular weight is 460 g/mol. The number of thiophene rings is 1. The van der Waals surface area contributed by atoms with Crippen molar-refractivity contribution >= 4 is 56.9 Å². The van der Waals surface area contributed by atoms with Gasteiger partial charge in [-0.2, -0.15) is 5.10 Å². The van der Waals surface area contributed by atoms with E-state index in [-0.39, 0.29) is 22.9 Å². The normalized spacial score (nSPS) is 10.9. The summed E-state index contributed by atoms with van der Waals surface area (Å²) in [4.78, 5) is 25.6. The number of benzene rings is 1. The molecule has 30 heavy (non-hydrogen) atoms. The zero-order chi connectivity index (χ0) is 21.3. The van der Waals surface area contributed by atoms with Crippen molar-refractivity contribution in [3.8, 4) is 11.1 Å². The highest BCUT2D eigenvalue weighted by molar-refractivity contribution is 7.15. The minimum Gasteiger partial charge on any atom is -0.462 e. The van der Waals surface area contributed by atoms with Crippen LogP contribution in [0.1, 0.15) is 27.8 Å². The van der Waals surface area contributed by atoms with E-state index in [0.717, 1.165) is 5.56 Å². The van der Waals surface area contributed by atoms with Crippen LogP contribution in [0.25, 0.3) is 16.6 Å². The molecule has 0 saturated carbocycles. The molecule has 0 aliphatic rings. The Hall–Kier alpha value is -2.87. The second-order valence-corrected chi connectivity index (χ2v) is 7.92. The second-order valence-electron chi connectivity index (χ2n) is 6.23. The first-order chi connectivity index (χ1) is 14.5. The van der Waals surface area contributed by atoms with Gasteiger partial charge in [0.2, 0.25) is 0 Å². The van der Waals surface area contributed by atoms with Crippen LogP contribution < -0.4 is 5.32 Å². The van der Waals surface area contributed by atoms with E-state index in [0.29, 0.717) is 21.1 Å². The lowest BCUT2D eigenvalue weighted by Gasteiger charge is -2.08. The molecule has 4 aromatic rings. The molecule has 0 radical (unpaired) electrons. The highest BCUT2D eigenvalue weighted by atomic mass is 35.5. The maximum atomic E-state index is 12.9. The Morgan fingerprint density at radius 3 is 2.63 bits per heavy atom. The van der Waals surface area contributed by atoms with Crippen molar-refractivity contribution in [2.24, 2.45) is 0 Å². The van der Waals surface area contributed by atoms with Gasteiger partial charge in [0.1, 0.15) is 10.6 Å². The zero-order valence-corrected chi connectivity index (χ0v) is 18.0.